The third-order valence-corrected chi connectivity index (χ3v) is 11.2. The zero-order valence-corrected chi connectivity index (χ0v) is 42.4. The number of ether oxygens (including phenoxy) is 6. The van der Waals surface area contributed by atoms with Gasteiger partial charge in [-0.2, -0.15) is 0 Å². The first kappa shape index (κ1) is 63.2. The van der Waals surface area contributed by atoms with Crippen LogP contribution >= 0.6 is 0 Å². The molecule has 0 spiro atoms. The molecule has 2 rings (SSSR count). The lowest BCUT2D eigenvalue weighted by Gasteiger charge is -2.42. The Morgan fingerprint density at radius 1 is 0.465 bits per heavy atom. The minimum absolute atomic E-state index is 0.0105. The van der Waals surface area contributed by atoms with Crippen LogP contribution in [0.4, 0.5) is 0 Å². The normalized spacial score (nSPS) is 26.4. The predicted octanol–water partition coefficient (Wildman–Crippen LogP) is 7.96. The first-order valence-electron chi connectivity index (χ1n) is 25.8. The van der Waals surface area contributed by atoms with Gasteiger partial charge < -0.3 is 64.2 Å². The summed E-state index contributed by atoms with van der Waals surface area (Å²) in [7, 11) is 0. The van der Waals surface area contributed by atoms with Crippen LogP contribution in [0.2, 0.25) is 0 Å². The minimum atomic E-state index is -1.74. The van der Waals surface area contributed by atoms with E-state index in [0.29, 0.717) is 19.4 Å². The largest absolute Gasteiger partial charge is 0.457 e. The molecule has 2 heterocycles. The molecule has 14 heteroatoms. The number of rotatable bonds is 38. The van der Waals surface area contributed by atoms with Crippen molar-refractivity contribution in [2.45, 2.75) is 184 Å². The third kappa shape index (κ3) is 30.1. The molecule has 0 aromatic carbocycles. The van der Waals surface area contributed by atoms with Crippen LogP contribution in [0.5, 0.6) is 0 Å². The highest BCUT2D eigenvalue weighted by Gasteiger charge is 2.47. The minimum Gasteiger partial charge on any atom is -0.457 e. The van der Waals surface area contributed by atoms with Crippen molar-refractivity contribution in [1.29, 1.82) is 0 Å². The summed E-state index contributed by atoms with van der Waals surface area (Å²) in [6, 6.07) is 0. The molecule has 0 amide bonds. The van der Waals surface area contributed by atoms with Crippen molar-refractivity contribution in [3.8, 4) is 0 Å². The lowest BCUT2D eigenvalue weighted by molar-refractivity contribution is -0.332. The highest BCUT2D eigenvalue weighted by molar-refractivity contribution is 5.69. The fourth-order valence-electron chi connectivity index (χ4n) is 7.04. The second kappa shape index (κ2) is 42.6. The summed E-state index contributed by atoms with van der Waals surface area (Å²) < 4.78 is 34.1. The number of allylic oxidation sites excluding steroid dienone is 22. The maximum Gasteiger partial charge on any atom is 0.306 e. The summed E-state index contributed by atoms with van der Waals surface area (Å²) in [5, 5.41) is 72.1. The monoisotopic (exact) mass is 997 g/mol. The topological polar surface area (TPSA) is 214 Å². The van der Waals surface area contributed by atoms with Crippen LogP contribution in [-0.4, -0.2) is 142 Å². The summed E-state index contributed by atoms with van der Waals surface area (Å²) in [5.41, 5.74) is 0. The van der Waals surface area contributed by atoms with E-state index in [-0.39, 0.29) is 19.6 Å². The molecule has 0 aromatic rings. The van der Waals surface area contributed by atoms with Gasteiger partial charge in [-0.15, -0.1) is 0 Å². The van der Waals surface area contributed by atoms with Crippen LogP contribution in [0.15, 0.2) is 134 Å². The van der Waals surface area contributed by atoms with E-state index in [9.17, 15) is 40.5 Å². The van der Waals surface area contributed by atoms with Gasteiger partial charge in [0.05, 0.1) is 26.4 Å². The zero-order valence-electron chi connectivity index (χ0n) is 42.4. The van der Waals surface area contributed by atoms with Gasteiger partial charge in [-0.3, -0.25) is 4.79 Å². The van der Waals surface area contributed by atoms with E-state index in [1.165, 1.54) is 0 Å². The zero-order chi connectivity index (χ0) is 51.6. The van der Waals surface area contributed by atoms with E-state index in [1.54, 1.807) is 0 Å². The predicted molar refractivity (Wildman–Crippen MR) is 279 cm³/mol. The number of hydrogen-bond donors (Lipinski definition) is 7. The van der Waals surface area contributed by atoms with Gasteiger partial charge in [0.1, 0.15) is 54.9 Å². The van der Waals surface area contributed by atoms with Gasteiger partial charge in [0.25, 0.3) is 0 Å². The lowest BCUT2D eigenvalue weighted by Crippen LogP contribution is -2.61. The average molecular weight is 997 g/mol. The smallest absolute Gasteiger partial charge is 0.306 e. The first-order chi connectivity index (χ1) is 34.6. The summed E-state index contributed by atoms with van der Waals surface area (Å²) in [4.78, 5) is 13.0. The molecule has 11 atom stereocenters. The molecule has 0 aliphatic carbocycles. The van der Waals surface area contributed by atoms with E-state index in [1.807, 2.05) is 6.08 Å². The van der Waals surface area contributed by atoms with Gasteiger partial charge in [0.15, 0.2) is 12.6 Å². The molecular formula is C57H88O14. The van der Waals surface area contributed by atoms with Crippen LogP contribution < -0.4 is 0 Å². The highest BCUT2D eigenvalue weighted by Crippen LogP contribution is 2.26. The van der Waals surface area contributed by atoms with E-state index >= 15 is 0 Å². The molecule has 0 saturated carbocycles. The molecule has 14 nitrogen and oxygen atoms in total. The summed E-state index contributed by atoms with van der Waals surface area (Å²) in [6.07, 6.45) is 43.9. The maximum absolute atomic E-state index is 13.0. The standard InChI is InChI=1S/C57H88O14/c1-3-5-7-9-11-13-15-17-19-20-21-22-23-24-25-26-27-28-30-32-34-36-38-40-49(59)69-46(43-66-41-39-37-35-33-31-29-18-16-14-12-10-8-6-4-2)44-67-56-55(65)53(63)51(61)48(71-56)45-68-57-54(64)52(62)50(60)47(42-58)70-57/h5-8,11-14,17-19,21-22,24-25,27-29,32-35,46-48,50-58,60-65H,3-4,9-10,15-16,20,23,26,30-31,36-45H2,1-2H3/b7-5-,8-6-,13-11-,14-12-,19-17-,22-21-,25-24-,28-27-,29-18-,34-32-,35-33-. The number of aliphatic hydroxyl groups excluding tert-OH is 7. The van der Waals surface area contributed by atoms with Crippen molar-refractivity contribution in [3.63, 3.8) is 0 Å². The first-order valence-corrected chi connectivity index (χ1v) is 25.8. The van der Waals surface area contributed by atoms with E-state index in [2.05, 4.69) is 141 Å². The second-order valence-electron chi connectivity index (χ2n) is 17.2. The Bertz CT molecular complexity index is 1680. The van der Waals surface area contributed by atoms with Crippen molar-refractivity contribution in [2.75, 3.05) is 33.0 Å². The lowest BCUT2D eigenvalue weighted by atomic mass is 9.98. The van der Waals surface area contributed by atoms with Crippen molar-refractivity contribution in [2.24, 2.45) is 0 Å². The van der Waals surface area contributed by atoms with Crippen molar-refractivity contribution in [3.05, 3.63) is 134 Å². The van der Waals surface area contributed by atoms with E-state index < -0.39 is 86.7 Å². The number of aliphatic hydroxyl groups is 7. The number of unbranched alkanes of at least 4 members (excludes halogenated alkanes) is 2. The Hall–Kier alpha value is -3.87. The Kier molecular flexibility index (Phi) is 38.0. The summed E-state index contributed by atoms with van der Waals surface area (Å²) in [6.45, 7) is 3.18. The van der Waals surface area contributed by atoms with Crippen LogP contribution in [0.3, 0.4) is 0 Å². The van der Waals surface area contributed by atoms with E-state index in [4.69, 9.17) is 28.4 Å². The highest BCUT2D eigenvalue weighted by atomic mass is 16.7. The van der Waals surface area contributed by atoms with Crippen molar-refractivity contribution >= 4 is 5.97 Å². The molecule has 11 unspecified atom stereocenters. The Morgan fingerprint density at radius 2 is 0.845 bits per heavy atom. The fraction of sp³-hybridized carbons (Fsp3) is 0.596. The van der Waals surface area contributed by atoms with Gasteiger partial charge in [-0.1, -0.05) is 148 Å². The fourth-order valence-corrected chi connectivity index (χ4v) is 7.04. The second-order valence-corrected chi connectivity index (χ2v) is 17.2. The third-order valence-electron chi connectivity index (χ3n) is 11.2. The molecule has 71 heavy (non-hydrogen) atoms. The van der Waals surface area contributed by atoms with Gasteiger partial charge in [-0.25, -0.2) is 0 Å². The number of hydrogen-bond acceptors (Lipinski definition) is 14. The Balaban J connectivity index is 1.81. The van der Waals surface area contributed by atoms with Gasteiger partial charge in [-0.05, 0) is 96.3 Å². The molecule has 0 bridgehead atoms. The van der Waals surface area contributed by atoms with Crippen LogP contribution in [0, 0.1) is 0 Å². The van der Waals surface area contributed by atoms with Gasteiger partial charge in [0.2, 0.25) is 0 Å². The van der Waals surface area contributed by atoms with Crippen molar-refractivity contribution in [1.82, 2.24) is 0 Å². The molecule has 2 saturated heterocycles. The van der Waals surface area contributed by atoms with Crippen LogP contribution in [0.25, 0.3) is 0 Å². The average Bonchev–Trinajstić information content (AvgIpc) is 3.37. The maximum atomic E-state index is 13.0. The molecule has 400 valence electrons. The Morgan fingerprint density at radius 3 is 1.28 bits per heavy atom. The van der Waals surface area contributed by atoms with Crippen LogP contribution in [-0.2, 0) is 33.2 Å². The van der Waals surface area contributed by atoms with Gasteiger partial charge >= 0.3 is 5.97 Å². The molecule has 2 fully saturated rings. The molecule has 7 N–H and O–H groups in total. The molecule has 2 aliphatic rings. The number of carbonyl (C=O) groups is 1. The number of carbonyl (C=O) groups excluding carboxylic acids is 1. The summed E-state index contributed by atoms with van der Waals surface area (Å²) in [5.74, 6) is -0.459. The van der Waals surface area contributed by atoms with Crippen LogP contribution in [0.1, 0.15) is 117 Å². The van der Waals surface area contributed by atoms with Gasteiger partial charge in [0, 0.05) is 13.0 Å². The molecule has 0 aromatic heterocycles. The summed E-state index contributed by atoms with van der Waals surface area (Å²) >= 11 is 0. The molecule has 2 aliphatic heterocycles. The SMILES string of the molecule is CC/C=C\C/C=C\C/C=C\C/C=C\C/C=C\C/C=C\C/C=C\CCCC(=O)OC(COCCC/C=C\C/C=C\C/C=C\C/C=C\CC)COC1OC(COC2OC(CO)C(O)C(O)C2O)C(O)C(O)C1O. The molecular weight excluding hydrogens is 909 g/mol. The van der Waals surface area contributed by atoms with Crippen molar-refractivity contribution < 1.29 is 69.0 Å². The number of esters is 1. The molecule has 0 radical (unpaired) electrons. The van der Waals surface area contributed by atoms with E-state index in [0.717, 1.165) is 83.5 Å². The Labute approximate surface area is 424 Å². The quantitative estimate of drug-likeness (QED) is 0.0178.